The summed E-state index contributed by atoms with van der Waals surface area (Å²) in [7, 11) is -4.22. The van der Waals surface area contributed by atoms with Crippen molar-refractivity contribution < 1.29 is 27.1 Å². The van der Waals surface area contributed by atoms with Crippen LogP contribution in [0.2, 0.25) is 0 Å². The molecule has 0 unspecified atom stereocenters. The van der Waals surface area contributed by atoms with E-state index < -0.39 is 32.5 Å². The second-order valence-electron chi connectivity index (χ2n) is 7.05. The van der Waals surface area contributed by atoms with Crippen molar-refractivity contribution in [3.8, 4) is 0 Å². The predicted molar refractivity (Wildman–Crippen MR) is 110 cm³/mol. The molecule has 2 aromatic rings. The van der Waals surface area contributed by atoms with Gasteiger partial charge in [0, 0.05) is 31.9 Å². The molecule has 2 aromatic carbocycles. The number of hydrogen-bond donors (Lipinski definition) is 2. The molecule has 3 rings (SSSR count). The summed E-state index contributed by atoms with van der Waals surface area (Å²) >= 11 is 0. The van der Waals surface area contributed by atoms with E-state index in [1.165, 1.54) is 12.1 Å². The van der Waals surface area contributed by atoms with Gasteiger partial charge in [-0.2, -0.15) is 0 Å². The van der Waals surface area contributed by atoms with E-state index in [1.54, 1.807) is 6.07 Å². The fraction of sp³-hybridized carbons (Fsp3) is 0.350. The van der Waals surface area contributed by atoms with Gasteiger partial charge in [-0.1, -0.05) is 6.92 Å². The second kappa shape index (κ2) is 8.97. The summed E-state index contributed by atoms with van der Waals surface area (Å²) in [6.07, 6.45) is 1.05. The standard InChI is InChI=1S/C20H23F2N3O4S/c1-2-7-24-8-10-25(11-9-24)19-6-3-14(12-16(19)20(26)27)23-30(28,29)15-4-5-17(21)18(22)13-15/h3-6,12-13,23H,2,7-11H2,1H3,(H,26,27). The Hall–Kier alpha value is -2.72. The average molecular weight is 439 g/mol. The topological polar surface area (TPSA) is 90.0 Å². The number of nitrogens with zero attached hydrogens (tertiary/aromatic N) is 2. The molecule has 0 atom stereocenters. The summed E-state index contributed by atoms with van der Waals surface area (Å²) in [4.78, 5) is 15.6. The number of sulfonamides is 1. The Morgan fingerprint density at radius 3 is 2.37 bits per heavy atom. The van der Waals surface area contributed by atoms with Crippen molar-refractivity contribution in [3.05, 3.63) is 53.6 Å². The number of piperazine rings is 1. The monoisotopic (exact) mass is 439 g/mol. The van der Waals surface area contributed by atoms with Gasteiger partial charge in [0.25, 0.3) is 10.0 Å². The number of halogens is 2. The maximum absolute atomic E-state index is 13.4. The fourth-order valence-electron chi connectivity index (χ4n) is 3.43. The van der Waals surface area contributed by atoms with Gasteiger partial charge in [-0.15, -0.1) is 0 Å². The molecule has 1 aliphatic heterocycles. The Morgan fingerprint density at radius 2 is 1.77 bits per heavy atom. The minimum Gasteiger partial charge on any atom is -0.478 e. The Morgan fingerprint density at radius 1 is 1.07 bits per heavy atom. The molecule has 0 spiro atoms. The minimum absolute atomic E-state index is 0.0190. The van der Waals surface area contributed by atoms with Gasteiger partial charge in [-0.05, 0) is 49.4 Å². The van der Waals surface area contributed by atoms with Crippen molar-refractivity contribution in [2.45, 2.75) is 18.2 Å². The Kier molecular flexibility index (Phi) is 6.57. The molecular formula is C20H23F2N3O4S. The van der Waals surface area contributed by atoms with Gasteiger partial charge in [0.05, 0.1) is 16.1 Å². The number of hydrogen-bond acceptors (Lipinski definition) is 5. The van der Waals surface area contributed by atoms with Gasteiger partial charge in [0.1, 0.15) is 0 Å². The first kappa shape index (κ1) is 22.0. The molecule has 0 bridgehead atoms. The number of carboxylic acid groups (broad SMARTS) is 1. The molecule has 162 valence electrons. The van der Waals surface area contributed by atoms with E-state index in [4.69, 9.17) is 0 Å². The lowest BCUT2D eigenvalue weighted by Gasteiger charge is -2.36. The number of benzene rings is 2. The molecule has 1 heterocycles. The molecule has 0 amide bonds. The number of carboxylic acids is 1. The molecule has 10 heteroatoms. The van der Waals surface area contributed by atoms with Crippen LogP contribution in [0.5, 0.6) is 0 Å². The maximum atomic E-state index is 13.4. The van der Waals surface area contributed by atoms with Crippen LogP contribution in [0.4, 0.5) is 20.2 Å². The molecule has 0 radical (unpaired) electrons. The highest BCUT2D eigenvalue weighted by Gasteiger charge is 2.23. The Bertz CT molecular complexity index is 1040. The van der Waals surface area contributed by atoms with Crippen LogP contribution in [0, 0.1) is 11.6 Å². The van der Waals surface area contributed by atoms with E-state index in [-0.39, 0.29) is 11.3 Å². The third-order valence-electron chi connectivity index (χ3n) is 4.93. The first-order valence-corrected chi connectivity index (χ1v) is 11.0. The van der Waals surface area contributed by atoms with Crippen molar-refractivity contribution in [1.29, 1.82) is 0 Å². The second-order valence-corrected chi connectivity index (χ2v) is 8.73. The largest absolute Gasteiger partial charge is 0.478 e. The molecule has 1 aliphatic rings. The van der Waals surface area contributed by atoms with E-state index >= 15 is 0 Å². The average Bonchev–Trinajstić information content (AvgIpc) is 2.70. The first-order valence-electron chi connectivity index (χ1n) is 9.54. The van der Waals surface area contributed by atoms with Gasteiger partial charge in [-0.25, -0.2) is 22.0 Å². The molecule has 7 nitrogen and oxygen atoms in total. The van der Waals surface area contributed by atoms with Gasteiger partial charge in [-0.3, -0.25) is 9.62 Å². The molecule has 1 fully saturated rings. The van der Waals surface area contributed by atoms with E-state index in [0.29, 0.717) is 30.9 Å². The lowest BCUT2D eigenvalue weighted by atomic mass is 10.1. The van der Waals surface area contributed by atoms with E-state index in [2.05, 4.69) is 16.5 Å². The molecule has 0 aromatic heterocycles. The zero-order valence-electron chi connectivity index (χ0n) is 16.4. The number of anilines is 2. The molecule has 1 saturated heterocycles. The Labute approximate surface area is 174 Å². The quantitative estimate of drug-likeness (QED) is 0.690. The summed E-state index contributed by atoms with van der Waals surface area (Å²) < 4.78 is 53.6. The zero-order chi connectivity index (χ0) is 21.9. The van der Waals surface area contributed by atoms with Crippen molar-refractivity contribution in [1.82, 2.24) is 4.90 Å². The van der Waals surface area contributed by atoms with Gasteiger partial charge >= 0.3 is 5.97 Å². The highest BCUT2D eigenvalue weighted by atomic mass is 32.2. The summed E-state index contributed by atoms with van der Waals surface area (Å²) in [5, 5.41) is 9.63. The first-order chi connectivity index (χ1) is 14.2. The number of aromatic carboxylic acids is 1. The highest BCUT2D eigenvalue weighted by Crippen LogP contribution is 2.27. The summed E-state index contributed by atoms with van der Waals surface area (Å²) in [6.45, 7) is 6.06. The lowest BCUT2D eigenvalue weighted by Crippen LogP contribution is -2.47. The molecule has 0 aliphatic carbocycles. The SMILES string of the molecule is CCCN1CCN(c2ccc(NS(=O)(=O)c3ccc(F)c(F)c3)cc2C(=O)O)CC1. The fourth-order valence-corrected chi connectivity index (χ4v) is 4.49. The molecular weight excluding hydrogens is 416 g/mol. The number of rotatable bonds is 7. The van der Waals surface area contributed by atoms with Crippen molar-refractivity contribution in [2.24, 2.45) is 0 Å². The van der Waals surface area contributed by atoms with Crippen LogP contribution in [0.1, 0.15) is 23.7 Å². The van der Waals surface area contributed by atoms with Crippen LogP contribution < -0.4 is 9.62 Å². The molecule has 30 heavy (non-hydrogen) atoms. The summed E-state index contributed by atoms with van der Waals surface area (Å²) in [6, 6.07) is 6.46. The van der Waals surface area contributed by atoms with Crippen molar-refractivity contribution in [3.63, 3.8) is 0 Å². The van der Waals surface area contributed by atoms with Crippen LogP contribution in [0.3, 0.4) is 0 Å². The van der Waals surface area contributed by atoms with E-state index in [0.717, 1.165) is 32.1 Å². The van der Waals surface area contributed by atoms with Gasteiger partial charge in [0.2, 0.25) is 0 Å². The lowest BCUT2D eigenvalue weighted by molar-refractivity contribution is 0.0697. The number of carbonyl (C=O) groups is 1. The van der Waals surface area contributed by atoms with Gasteiger partial charge in [0.15, 0.2) is 11.6 Å². The predicted octanol–water partition coefficient (Wildman–Crippen LogP) is 3.00. The Balaban J connectivity index is 1.83. The van der Waals surface area contributed by atoms with Gasteiger partial charge < -0.3 is 10.0 Å². The number of nitrogens with one attached hydrogen (secondary N) is 1. The smallest absolute Gasteiger partial charge is 0.337 e. The zero-order valence-corrected chi connectivity index (χ0v) is 17.3. The van der Waals surface area contributed by atoms with Crippen LogP contribution in [0.25, 0.3) is 0 Å². The molecule has 2 N–H and O–H groups in total. The normalized spacial score (nSPS) is 15.2. The summed E-state index contributed by atoms with van der Waals surface area (Å²) in [5.74, 6) is -3.64. The van der Waals surface area contributed by atoms with Crippen LogP contribution in [0.15, 0.2) is 41.3 Å². The van der Waals surface area contributed by atoms with E-state index in [9.17, 15) is 27.1 Å². The van der Waals surface area contributed by atoms with Crippen LogP contribution >= 0.6 is 0 Å². The maximum Gasteiger partial charge on any atom is 0.337 e. The highest BCUT2D eigenvalue weighted by molar-refractivity contribution is 7.92. The minimum atomic E-state index is -4.22. The van der Waals surface area contributed by atoms with E-state index in [1.807, 2.05) is 4.90 Å². The molecule has 0 saturated carbocycles. The third kappa shape index (κ3) is 4.88. The van der Waals surface area contributed by atoms with Crippen LogP contribution in [-0.2, 0) is 10.0 Å². The van der Waals surface area contributed by atoms with Crippen LogP contribution in [-0.4, -0.2) is 57.1 Å². The van der Waals surface area contributed by atoms with Crippen molar-refractivity contribution >= 4 is 27.4 Å². The third-order valence-corrected chi connectivity index (χ3v) is 6.31. The summed E-state index contributed by atoms with van der Waals surface area (Å²) in [5.41, 5.74) is 0.490. The van der Waals surface area contributed by atoms with Crippen molar-refractivity contribution in [2.75, 3.05) is 42.3 Å².